The average Bonchev–Trinajstić information content (AvgIpc) is 2.31. The largest absolute Gasteiger partial charge is 0.489 e. The topological polar surface area (TPSA) is 21.3 Å². The van der Waals surface area contributed by atoms with Gasteiger partial charge in [-0.3, -0.25) is 0 Å². The van der Waals surface area contributed by atoms with Crippen molar-refractivity contribution in [2.45, 2.75) is 32.3 Å². The van der Waals surface area contributed by atoms with Crippen LogP contribution in [0, 0.1) is 0 Å². The van der Waals surface area contributed by atoms with Gasteiger partial charge in [-0.25, -0.2) is 0 Å². The van der Waals surface area contributed by atoms with Crippen molar-refractivity contribution >= 4 is 0 Å². The van der Waals surface area contributed by atoms with Gasteiger partial charge in [0.15, 0.2) is 0 Å². The highest BCUT2D eigenvalue weighted by molar-refractivity contribution is 5.27. The third kappa shape index (κ3) is 2.96. The second-order valence-electron chi connectivity index (χ2n) is 4.08. The number of nitrogens with one attached hydrogen (secondary N) is 1. The predicted octanol–water partition coefficient (Wildman–Crippen LogP) is 2.38. The molecule has 1 fully saturated rings. The zero-order chi connectivity index (χ0) is 10.5. The molecule has 0 saturated carbocycles. The fourth-order valence-electron chi connectivity index (χ4n) is 1.92. The molecule has 1 aliphatic heterocycles. The van der Waals surface area contributed by atoms with Crippen LogP contribution in [0.25, 0.3) is 0 Å². The van der Waals surface area contributed by atoms with E-state index in [9.17, 15) is 0 Å². The molecule has 1 heterocycles. The van der Waals surface area contributed by atoms with Crippen molar-refractivity contribution in [2.75, 3.05) is 13.1 Å². The molecule has 2 heteroatoms. The van der Waals surface area contributed by atoms with Gasteiger partial charge in [-0.15, -0.1) is 0 Å². The SMILES string of the molecule is CCc1ccc(OC2CCCNC2)cc1. The van der Waals surface area contributed by atoms with Crippen molar-refractivity contribution in [2.24, 2.45) is 0 Å². The molecule has 1 aliphatic rings. The molecule has 0 bridgehead atoms. The van der Waals surface area contributed by atoms with Gasteiger partial charge in [-0.2, -0.15) is 0 Å². The maximum Gasteiger partial charge on any atom is 0.119 e. The number of rotatable bonds is 3. The standard InChI is InChI=1S/C13H19NO/c1-2-11-5-7-12(8-6-11)15-13-4-3-9-14-10-13/h5-8,13-14H,2-4,9-10H2,1H3. The third-order valence-electron chi connectivity index (χ3n) is 2.89. The molecule has 1 atom stereocenters. The number of hydrogen-bond donors (Lipinski definition) is 1. The smallest absolute Gasteiger partial charge is 0.119 e. The van der Waals surface area contributed by atoms with Crippen molar-refractivity contribution in [1.82, 2.24) is 5.32 Å². The molecule has 1 unspecified atom stereocenters. The Balaban J connectivity index is 1.91. The summed E-state index contributed by atoms with van der Waals surface area (Å²) in [7, 11) is 0. The van der Waals surface area contributed by atoms with Crippen LogP contribution < -0.4 is 10.1 Å². The average molecular weight is 205 g/mol. The highest BCUT2D eigenvalue weighted by Gasteiger charge is 2.13. The Hall–Kier alpha value is -1.02. The Bertz CT molecular complexity index is 288. The normalized spacial score (nSPS) is 21.3. The van der Waals surface area contributed by atoms with E-state index in [4.69, 9.17) is 4.74 Å². The fourth-order valence-corrected chi connectivity index (χ4v) is 1.92. The zero-order valence-electron chi connectivity index (χ0n) is 9.33. The summed E-state index contributed by atoms with van der Waals surface area (Å²) < 4.78 is 5.89. The molecule has 0 aliphatic carbocycles. The van der Waals surface area contributed by atoms with Gasteiger partial charge < -0.3 is 10.1 Å². The van der Waals surface area contributed by atoms with Crippen molar-refractivity contribution in [1.29, 1.82) is 0 Å². The first-order valence-electron chi connectivity index (χ1n) is 5.85. The van der Waals surface area contributed by atoms with Gasteiger partial charge in [-0.1, -0.05) is 19.1 Å². The Kier molecular flexibility index (Phi) is 3.62. The molecule has 0 aromatic heterocycles. The number of aryl methyl sites for hydroxylation is 1. The zero-order valence-corrected chi connectivity index (χ0v) is 9.33. The van der Waals surface area contributed by atoms with Crippen LogP contribution in [0.3, 0.4) is 0 Å². The molecule has 2 rings (SSSR count). The van der Waals surface area contributed by atoms with Crippen LogP contribution in [0.5, 0.6) is 5.75 Å². The second kappa shape index (κ2) is 5.17. The number of hydrogen-bond acceptors (Lipinski definition) is 2. The lowest BCUT2D eigenvalue weighted by atomic mass is 10.1. The Morgan fingerprint density at radius 2 is 2.13 bits per heavy atom. The quantitative estimate of drug-likeness (QED) is 0.818. The molecule has 1 aromatic rings. The van der Waals surface area contributed by atoms with E-state index in [0.29, 0.717) is 6.10 Å². The summed E-state index contributed by atoms with van der Waals surface area (Å²) in [6, 6.07) is 8.44. The lowest BCUT2D eigenvalue weighted by molar-refractivity contribution is 0.167. The van der Waals surface area contributed by atoms with E-state index < -0.39 is 0 Å². The Morgan fingerprint density at radius 1 is 1.33 bits per heavy atom. The van der Waals surface area contributed by atoms with Crippen LogP contribution in [0.15, 0.2) is 24.3 Å². The minimum Gasteiger partial charge on any atom is -0.489 e. The first-order chi connectivity index (χ1) is 7.38. The molecule has 1 N–H and O–H groups in total. The Morgan fingerprint density at radius 3 is 2.73 bits per heavy atom. The summed E-state index contributed by atoms with van der Waals surface area (Å²) in [4.78, 5) is 0. The van der Waals surface area contributed by atoms with E-state index >= 15 is 0 Å². The second-order valence-corrected chi connectivity index (χ2v) is 4.08. The maximum atomic E-state index is 5.89. The van der Waals surface area contributed by atoms with E-state index in [-0.39, 0.29) is 0 Å². The van der Waals surface area contributed by atoms with E-state index in [1.807, 2.05) is 0 Å². The molecular formula is C13H19NO. The minimum atomic E-state index is 0.353. The van der Waals surface area contributed by atoms with E-state index in [1.54, 1.807) is 0 Å². The Labute approximate surface area is 91.6 Å². The summed E-state index contributed by atoms with van der Waals surface area (Å²) in [5, 5.41) is 3.35. The van der Waals surface area contributed by atoms with Gasteiger partial charge in [-0.05, 0) is 43.5 Å². The number of ether oxygens (including phenoxy) is 1. The van der Waals surface area contributed by atoms with E-state index in [0.717, 1.165) is 25.3 Å². The van der Waals surface area contributed by atoms with Crippen LogP contribution >= 0.6 is 0 Å². The molecule has 15 heavy (non-hydrogen) atoms. The molecule has 2 nitrogen and oxygen atoms in total. The van der Waals surface area contributed by atoms with Gasteiger partial charge in [0.1, 0.15) is 11.9 Å². The first kappa shape index (κ1) is 10.5. The molecule has 0 radical (unpaired) electrons. The number of piperidine rings is 1. The van der Waals surface area contributed by atoms with Crippen molar-refractivity contribution in [3.05, 3.63) is 29.8 Å². The molecule has 82 valence electrons. The van der Waals surface area contributed by atoms with Crippen molar-refractivity contribution in [3.63, 3.8) is 0 Å². The van der Waals surface area contributed by atoms with Gasteiger partial charge in [0.25, 0.3) is 0 Å². The third-order valence-corrected chi connectivity index (χ3v) is 2.89. The van der Waals surface area contributed by atoms with Crippen LogP contribution in [-0.2, 0) is 6.42 Å². The van der Waals surface area contributed by atoms with Crippen LogP contribution in [0.4, 0.5) is 0 Å². The molecule has 1 saturated heterocycles. The summed E-state index contributed by atoms with van der Waals surface area (Å²) in [6.45, 7) is 4.28. The summed E-state index contributed by atoms with van der Waals surface area (Å²) >= 11 is 0. The van der Waals surface area contributed by atoms with Crippen molar-refractivity contribution < 1.29 is 4.74 Å². The molecular weight excluding hydrogens is 186 g/mol. The first-order valence-corrected chi connectivity index (χ1v) is 5.85. The van der Waals surface area contributed by atoms with E-state index in [1.165, 1.54) is 18.4 Å². The molecule has 0 amide bonds. The lowest BCUT2D eigenvalue weighted by Crippen LogP contribution is -2.37. The van der Waals surface area contributed by atoms with Crippen LogP contribution in [0.1, 0.15) is 25.3 Å². The van der Waals surface area contributed by atoms with Crippen molar-refractivity contribution in [3.8, 4) is 5.75 Å². The summed E-state index contributed by atoms with van der Waals surface area (Å²) in [5.41, 5.74) is 1.36. The van der Waals surface area contributed by atoms with Crippen LogP contribution in [-0.4, -0.2) is 19.2 Å². The van der Waals surface area contributed by atoms with Gasteiger partial charge >= 0.3 is 0 Å². The van der Waals surface area contributed by atoms with E-state index in [2.05, 4.69) is 36.5 Å². The summed E-state index contributed by atoms with van der Waals surface area (Å²) in [5.74, 6) is 1.00. The molecule has 0 spiro atoms. The maximum absolute atomic E-state index is 5.89. The monoisotopic (exact) mass is 205 g/mol. The highest BCUT2D eigenvalue weighted by atomic mass is 16.5. The van der Waals surface area contributed by atoms with Gasteiger partial charge in [0.2, 0.25) is 0 Å². The minimum absolute atomic E-state index is 0.353. The van der Waals surface area contributed by atoms with Gasteiger partial charge in [0.05, 0.1) is 0 Å². The van der Waals surface area contributed by atoms with Gasteiger partial charge in [0, 0.05) is 6.54 Å². The number of benzene rings is 1. The summed E-state index contributed by atoms with van der Waals surface area (Å²) in [6.07, 6.45) is 3.83. The molecule has 1 aromatic carbocycles. The lowest BCUT2D eigenvalue weighted by Gasteiger charge is -2.23. The van der Waals surface area contributed by atoms with Crippen LogP contribution in [0.2, 0.25) is 0 Å². The highest BCUT2D eigenvalue weighted by Crippen LogP contribution is 2.16. The predicted molar refractivity (Wildman–Crippen MR) is 62.3 cm³/mol. The fraction of sp³-hybridized carbons (Fsp3) is 0.538.